The van der Waals surface area contributed by atoms with E-state index in [-0.39, 0.29) is 17.4 Å². The summed E-state index contributed by atoms with van der Waals surface area (Å²) in [4.78, 5) is 21.1. The molecule has 2 atom stereocenters. The number of methoxy groups -OCH3 is 1. The molecule has 4 aromatic rings. The number of H-pyrrole nitrogens is 1. The Morgan fingerprint density at radius 3 is 2.68 bits per heavy atom. The normalized spacial score (nSPS) is 19.2. The zero-order chi connectivity index (χ0) is 26.1. The Labute approximate surface area is 219 Å². The number of phenols is 1. The fourth-order valence-corrected chi connectivity index (χ4v) is 5.45. The molecule has 6 rings (SSSR count). The molecule has 0 aliphatic carbocycles. The lowest BCUT2D eigenvalue weighted by atomic mass is 10.0. The number of tetrazole rings is 1. The van der Waals surface area contributed by atoms with Crippen LogP contribution in [0.15, 0.2) is 53.3 Å². The van der Waals surface area contributed by atoms with Gasteiger partial charge in [-0.25, -0.2) is 4.68 Å². The molecule has 2 aromatic carbocycles. The topological polar surface area (TPSA) is 122 Å². The highest BCUT2D eigenvalue weighted by atomic mass is 16.5. The highest BCUT2D eigenvalue weighted by molar-refractivity contribution is 5.80. The molecule has 11 heteroatoms. The lowest BCUT2D eigenvalue weighted by molar-refractivity contribution is 0.0906. The van der Waals surface area contributed by atoms with E-state index in [1.54, 1.807) is 23.9 Å². The number of aromatic hydroxyl groups is 1. The molecule has 2 aliphatic heterocycles. The average Bonchev–Trinajstić information content (AvgIpc) is 3.63. The van der Waals surface area contributed by atoms with E-state index in [1.165, 1.54) is 0 Å². The number of benzene rings is 2. The maximum Gasteiger partial charge on any atom is 0.253 e. The third-order valence-electron chi connectivity index (χ3n) is 7.48. The molecule has 0 bridgehead atoms. The molecule has 2 aromatic heterocycles. The second-order valence-electron chi connectivity index (χ2n) is 9.80. The van der Waals surface area contributed by atoms with E-state index < -0.39 is 6.04 Å². The third-order valence-corrected chi connectivity index (χ3v) is 7.48. The van der Waals surface area contributed by atoms with Gasteiger partial charge in [0.05, 0.1) is 25.3 Å². The molecule has 4 heterocycles. The lowest BCUT2D eigenvalue weighted by Crippen LogP contribution is -2.49. The summed E-state index contributed by atoms with van der Waals surface area (Å²) in [5.41, 5.74) is 2.19. The van der Waals surface area contributed by atoms with Gasteiger partial charge in [-0.15, -0.1) is 5.10 Å². The van der Waals surface area contributed by atoms with Crippen LogP contribution in [0.1, 0.15) is 30.3 Å². The van der Waals surface area contributed by atoms with Crippen LogP contribution >= 0.6 is 0 Å². The van der Waals surface area contributed by atoms with Crippen molar-refractivity contribution in [2.75, 3.05) is 44.8 Å². The molecule has 0 radical (unpaired) electrons. The summed E-state index contributed by atoms with van der Waals surface area (Å²) >= 11 is 0. The molecule has 2 saturated heterocycles. The monoisotopic (exact) mass is 517 g/mol. The molecule has 2 fully saturated rings. The predicted molar refractivity (Wildman–Crippen MR) is 142 cm³/mol. The molecule has 2 aliphatic rings. The van der Waals surface area contributed by atoms with Gasteiger partial charge >= 0.3 is 0 Å². The van der Waals surface area contributed by atoms with Crippen LogP contribution in [-0.4, -0.2) is 81.2 Å². The molecule has 0 spiro atoms. The summed E-state index contributed by atoms with van der Waals surface area (Å²) < 4.78 is 13.0. The van der Waals surface area contributed by atoms with Crippen molar-refractivity contribution in [2.45, 2.75) is 31.5 Å². The number of nitrogens with one attached hydrogen (secondary N) is 1. The Hall–Kier alpha value is -3.96. The first kappa shape index (κ1) is 24.4. The predicted octanol–water partition coefficient (Wildman–Crippen LogP) is 2.32. The van der Waals surface area contributed by atoms with E-state index in [2.05, 4.69) is 30.3 Å². The van der Waals surface area contributed by atoms with Crippen molar-refractivity contribution in [1.82, 2.24) is 30.1 Å². The number of aromatic amines is 1. The number of hydrogen-bond acceptors (Lipinski definition) is 9. The van der Waals surface area contributed by atoms with Crippen molar-refractivity contribution in [3.63, 3.8) is 0 Å². The first-order valence-electron chi connectivity index (χ1n) is 13.0. The number of ether oxygens (including phenoxy) is 2. The van der Waals surface area contributed by atoms with Crippen molar-refractivity contribution in [3.05, 3.63) is 70.3 Å². The van der Waals surface area contributed by atoms with Gasteiger partial charge in [0.2, 0.25) is 0 Å². The highest BCUT2D eigenvalue weighted by Gasteiger charge is 2.33. The Morgan fingerprint density at radius 2 is 1.95 bits per heavy atom. The smallest absolute Gasteiger partial charge is 0.253 e. The number of rotatable bonds is 7. The summed E-state index contributed by atoms with van der Waals surface area (Å²) in [7, 11) is 1.61. The molecule has 0 saturated carbocycles. The van der Waals surface area contributed by atoms with Gasteiger partial charge in [-0.05, 0) is 71.1 Å². The second kappa shape index (κ2) is 10.4. The largest absolute Gasteiger partial charge is 0.508 e. The van der Waals surface area contributed by atoms with E-state index in [0.29, 0.717) is 42.3 Å². The first-order chi connectivity index (χ1) is 18.6. The van der Waals surface area contributed by atoms with E-state index in [1.807, 2.05) is 36.4 Å². The number of piperazine rings is 1. The summed E-state index contributed by atoms with van der Waals surface area (Å²) in [5.74, 6) is 1.57. The average molecular weight is 518 g/mol. The van der Waals surface area contributed by atoms with Gasteiger partial charge in [0.1, 0.15) is 17.5 Å². The van der Waals surface area contributed by atoms with Crippen molar-refractivity contribution in [2.24, 2.45) is 0 Å². The minimum atomic E-state index is -0.427. The summed E-state index contributed by atoms with van der Waals surface area (Å²) in [6, 6.07) is 14.4. The summed E-state index contributed by atoms with van der Waals surface area (Å²) in [5, 5.41) is 23.3. The van der Waals surface area contributed by atoms with E-state index in [0.717, 1.165) is 43.6 Å². The molecule has 198 valence electrons. The number of fused-ring (bicyclic) bond motifs is 1. The van der Waals surface area contributed by atoms with Gasteiger partial charge in [0.15, 0.2) is 5.82 Å². The van der Waals surface area contributed by atoms with Crippen LogP contribution in [0.4, 0.5) is 5.69 Å². The van der Waals surface area contributed by atoms with Crippen molar-refractivity contribution >= 4 is 16.6 Å². The standard InChI is InChI=1S/C27H31N7O4/c1-37-21-9-4-18-15-23(27(36)28-24(18)16-21)25(26-29-30-31-34(26)17-22-3-2-14-38-22)33-12-10-32(11-13-33)19-5-7-20(35)8-6-19/h4-9,15-16,22,25,35H,2-3,10-14,17H2,1H3,(H,28,36)/t22-,25-/m1/s1. The minimum Gasteiger partial charge on any atom is -0.508 e. The minimum absolute atomic E-state index is 0.0617. The number of phenolic OH excluding ortho intramolecular Hbond substituents is 1. The number of nitrogens with zero attached hydrogens (tertiary/aromatic N) is 6. The Bertz CT molecular complexity index is 1450. The maximum absolute atomic E-state index is 13.5. The van der Waals surface area contributed by atoms with Crippen LogP contribution < -0.4 is 15.2 Å². The fraction of sp³-hybridized carbons (Fsp3) is 0.407. The van der Waals surface area contributed by atoms with Gasteiger partial charge in [0.25, 0.3) is 5.56 Å². The van der Waals surface area contributed by atoms with Gasteiger partial charge in [-0.2, -0.15) is 0 Å². The summed E-state index contributed by atoms with van der Waals surface area (Å²) in [6.45, 7) is 4.24. The number of hydrogen-bond donors (Lipinski definition) is 2. The van der Waals surface area contributed by atoms with Crippen molar-refractivity contribution in [3.8, 4) is 11.5 Å². The Kier molecular flexibility index (Phi) is 6.69. The Balaban J connectivity index is 1.35. The number of pyridine rings is 1. The highest BCUT2D eigenvalue weighted by Crippen LogP contribution is 2.30. The third kappa shape index (κ3) is 4.82. The van der Waals surface area contributed by atoms with Crippen LogP contribution in [-0.2, 0) is 11.3 Å². The van der Waals surface area contributed by atoms with Crippen LogP contribution in [0.25, 0.3) is 10.9 Å². The fourth-order valence-electron chi connectivity index (χ4n) is 5.45. The van der Waals surface area contributed by atoms with E-state index >= 15 is 0 Å². The number of anilines is 1. The van der Waals surface area contributed by atoms with Crippen molar-refractivity contribution in [1.29, 1.82) is 0 Å². The van der Waals surface area contributed by atoms with Gasteiger partial charge < -0.3 is 24.5 Å². The molecular weight excluding hydrogens is 486 g/mol. The van der Waals surface area contributed by atoms with Gasteiger partial charge in [-0.3, -0.25) is 9.69 Å². The zero-order valence-corrected chi connectivity index (χ0v) is 21.3. The molecular formula is C27H31N7O4. The van der Waals surface area contributed by atoms with Crippen LogP contribution in [0.3, 0.4) is 0 Å². The first-order valence-corrected chi connectivity index (χ1v) is 13.0. The van der Waals surface area contributed by atoms with E-state index in [9.17, 15) is 9.90 Å². The molecule has 0 unspecified atom stereocenters. The van der Waals surface area contributed by atoms with Crippen LogP contribution in [0, 0.1) is 0 Å². The van der Waals surface area contributed by atoms with E-state index in [4.69, 9.17) is 9.47 Å². The SMILES string of the molecule is COc1ccc2cc([C@H](c3nnnn3C[C@H]3CCCO3)N3CCN(c4ccc(O)cc4)CC3)c(=O)[nH]c2c1. The lowest BCUT2D eigenvalue weighted by Gasteiger charge is -2.39. The second-order valence-corrected chi connectivity index (χ2v) is 9.80. The molecule has 38 heavy (non-hydrogen) atoms. The van der Waals surface area contributed by atoms with Crippen molar-refractivity contribution < 1.29 is 14.6 Å². The summed E-state index contributed by atoms with van der Waals surface area (Å²) in [6.07, 6.45) is 2.05. The van der Waals surface area contributed by atoms with Crippen LogP contribution in [0.2, 0.25) is 0 Å². The molecule has 11 nitrogen and oxygen atoms in total. The maximum atomic E-state index is 13.5. The molecule has 2 N–H and O–H groups in total. The van der Waals surface area contributed by atoms with Crippen LogP contribution in [0.5, 0.6) is 11.5 Å². The quantitative estimate of drug-likeness (QED) is 0.380. The molecule has 0 amide bonds. The number of aromatic nitrogens is 5. The zero-order valence-electron chi connectivity index (χ0n) is 21.3. The van der Waals surface area contributed by atoms with Gasteiger partial charge in [-0.1, -0.05) is 0 Å². The van der Waals surface area contributed by atoms with Gasteiger partial charge in [0, 0.05) is 50.1 Å². The Morgan fingerprint density at radius 1 is 1.13 bits per heavy atom.